The standard InChI is InChI=1S/C12H21N3O4/c1-12(2,3)19-11(18)15-7-9(16)13-6-8(15)10(17)14(4)5/h8H,6-7H2,1-5H3,(H,13,16)/t8-/m0/s1. The van der Waals surface area contributed by atoms with Crippen LogP contribution in [0.25, 0.3) is 0 Å². The van der Waals surface area contributed by atoms with Crippen molar-refractivity contribution in [1.82, 2.24) is 15.1 Å². The van der Waals surface area contributed by atoms with Crippen LogP contribution in [0.1, 0.15) is 20.8 Å². The SMILES string of the molecule is CN(C)C(=O)[C@@H]1CNC(=O)CN1C(=O)OC(C)(C)C. The average Bonchev–Trinajstić information content (AvgIpc) is 2.25. The van der Waals surface area contributed by atoms with Crippen LogP contribution in [0.3, 0.4) is 0 Å². The van der Waals surface area contributed by atoms with E-state index in [4.69, 9.17) is 4.74 Å². The largest absolute Gasteiger partial charge is 0.444 e. The van der Waals surface area contributed by atoms with E-state index in [1.807, 2.05) is 0 Å². The lowest BCUT2D eigenvalue weighted by atomic mass is 10.1. The molecule has 7 nitrogen and oxygen atoms in total. The molecule has 108 valence electrons. The average molecular weight is 271 g/mol. The molecule has 1 saturated heterocycles. The number of likely N-dealkylation sites (N-methyl/N-ethyl adjacent to an activating group) is 1. The van der Waals surface area contributed by atoms with E-state index in [9.17, 15) is 14.4 Å². The molecule has 1 atom stereocenters. The van der Waals surface area contributed by atoms with Crippen LogP contribution in [0.5, 0.6) is 0 Å². The predicted octanol–water partition coefficient (Wildman–Crippen LogP) is -0.190. The minimum Gasteiger partial charge on any atom is -0.444 e. The summed E-state index contributed by atoms with van der Waals surface area (Å²) in [6.45, 7) is 5.14. The van der Waals surface area contributed by atoms with Crippen LogP contribution in [0.2, 0.25) is 0 Å². The molecule has 1 heterocycles. The molecule has 0 radical (unpaired) electrons. The highest BCUT2D eigenvalue weighted by Gasteiger charge is 2.38. The second kappa shape index (κ2) is 5.46. The van der Waals surface area contributed by atoms with Gasteiger partial charge in [0.15, 0.2) is 0 Å². The van der Waals surface area contributed by atoms with Crippen molar-refractivity contribution >= 4 is 17.9 Å². The molecule has 1 rings (SSSR count). The summed E-state index contributed by atoms with van der Waals surface area (Å²) in [5, 5.41) is 2.58. The third kappa shape index (κ3) is 4.11. The van der Waals surface area contributed by atoms with Gasteiger partial charge >= 0.3 is 6.09 Å². The molecule has 7 heteroatoms. The zero-order chi connectivity index (χ0) is 14.8. The molecule has 1 N–H and O–H groups in total. The summed E-state index contributed by atoms with van der Waals surface area (Å²) in [5.74, 6) is -0.542. The molecule has 1 aliphatic rings. The number of ether oxygens (including phenoxy) is 1. The zero-order valence-electron chi connectivity index (χ0n) is 12.0. The Hall–Kier alpha value is -1.79. The van der Waals surface area contributed by atoms with Gasteiger partial charge in [0.2, 0.25) is 11.8 Å². The minimum atomic E-state index is -0.720. The first-order valence-corrected chi connectivity index (χ1v) is 6.09. The number of rotatable bonds is 1. The first-order valence-electron chi connectivity index (χ1n) is 6.09. The van der Waals surface area contributed by atoms with Crippen molar-refractivity contribution in [3.63, 3.8) is 0 Å². The predicted molar refractivity (Wildman–Crippen MR) is 68.4 cm³/mol. The normalized spacial score (nSPS) is 19.7. The van der Waals surface area contributed by atoms with Gasteiger partial charge in [-0.1, -0.05) is 0 Å². The third-order valence-electron chi connectivity index (χ3n) is 2.54. The van der Waals surface area contributed by atoms with Gasteiger partial charge < -0.3 is 15.0 Å². The lowest BCUT2D eigenvalue weighted by molar-refractivity contribution is -0.138. The molecule has 0 aromatic carbocycles. The molecular weight excluding hydrogens is 250 g/mol. The Kier molecular flexibility index (Phi) is 4.39. The number of piperazine rings is 1. The second-order valence-corrected chi connectivity index (χ2v) is 5.66. The molecular formula is C12H21N3O4. The van der Waals surface area contributed by atoms with Crippen molar-refractivity contribution < 1.29 is 19.1 Å². The van der Waals surface area contributed by atoms with Crippen LogP contribution in [-0.2, 0) is 14.3 Å². The van der Waals surface area contributed by atoms with Gasteiger partial charge in [-0.05, 0) is 20.8 Å². The van der Waals surface area contributed by atoms with Crippen molar-refractivity contribution in [3.05, 3.63) is 0 Å². The van der Waals surface area contributed by atoms with E-state index in [-0.39, 0.29) is 24.9 Å². The van der Waals surface area contributed by atoms with Gasteiger partial charge in [0.1, 0.15) is 18.2 Å². The third-order valence-corrected chi connectivity index (χ3v) is 2.54. The van der Waals surface area contributed by atoms with Crippen molar-refractivity contribution in [2.45, 2.75) is 32.4 Å². The fraction of sp³-hybridized carbons (Fsp3) is 0.750. The summed E-state index contributed by atoms with van der Waals surface area (Å²) in [6, 6.07) is -0.720. The monoisotopic (exact) mass is 271 g/mol. The van der Waals surface area contributed by atoms with Gasteiger partial charge in [-0.15, -0.1) is 0 Å². The van der Waals surface area contributed by atoms with Crippen LogP contribution >= 0.6 is 0 Å². The number of carbonyl (C=O) groups is 3. The van der Waals surface area contributed by atoms with E-state index in [1.54, 1.807) is 34.9 Å². The van der Waals surface area contributed by atoms with Crippen LogP contribution in [-0.4, -0.2) is 66.5 Å². The van der Waals surface area contributed by atoms with Gasteiger partial charge in [0.25, 0.3) is 0 Å². The number of hydrogen-bond acceptors (Lipinski definition) is 4. The highest BCUT2D eigenvalue weighted by molar-refractivity contribution is 5.91. The summed E-state index contributed by atoms with van der Waals surface area (Å²) in [7, 11) is 3.21. The van der Waals surface area contributed by atoms with Crippen LogP contribution in [0, 0.1) is 0 Å². The van der Waals surface area contributed by atoms with Gasteiger partial charge in [-0.3, -0.25) is 14.5 Å². The number of amides is 3. The van der Waals surface area contributed by atoms with Crippen molar-refractivity contribution in [2.24, 2.45) is 0 Å². The highest BCUT2D eigenvalue weighted by atomic mass is 16.6. The maximum absolute atomic E-state index is 12.0. The Bertz CT molecular complexity index is 387. The molecule has 3 amide bonds. The maximum atomic E-state index is 12.0. The molecule has 0 aliphatic carbocycles. The summed E-state index contributed by atoms with van der Waals surface area (Å²) in [6.07, 6.45) is -0.650. The Balaban J connectivity index is 2.87. The van der Waals surface area contributed by atoms with Gasteiger partial charge in [0.05, 0.1) is 0 Å². The lowest BCUT2D eigenvalue weighted by Gasteiger charge is -2.36. The van der Waals surface area contributed by atoms with Crippen LogP contribution in [0.15, 0.2) is 0 Å². The second-order valence-electron chi connectivity index (χ2n) is 5.66. The number of nitrogens with one attached hydrogen (secondary N) is 1. The first kappa shape index (κ1) is 15.3. The molecule has 1 aliphatic heterocycles. The van der Waals surface area contributed by atoms with E-state index >= 15 is 0 Å². The smallest absolute Gasteiger partial charge is 0.411 e. The van der Waals surface area contributed by atoms with Crippen molar-refractivity contribution in [3.8, 4) is 0 Å². The highest BCUT2D eigenvalue weighted by Crippen LogP contribution is 2.14. The van der Waals surface area contributed by atoms with E-state index < -0.39 is 17.7 Å². The van der Waals surface area contributed by atoms with E-state index in [1.165, 1.54) is 9.80 Å². The molecule has 0 unspecified atom stereocenters. The Morgan fingerprint density at radius 3 is 2.42 bits per heavy atom. The summed E-state index contributed by atoms with van der Waals surface area (Å²) in [4.78, 5) is 38.0. The fourth-order valence-electron chi connectivity index (χ4n) is 1.67. The van der Waals surface area contributed by atoms with Gasteiger partial charge in [0, 0.05) is 20.6 Å². The molecule has 1 fully saturated rings. The Morgan fingerprint density at radius 2 is 1.95 bits per heavy atom. The quantitative estimate of drug-likeness (QED) is 0.717. The van der Waals surface area contributed by atoms with Crippen molar-refractivity contribution in [1.29, 1.82) is 0 Å². The molecule has 19 heavy (non-hydrogen) atoms. The lowest BCUT2D eigenvalue weighted by Crippen LogP contribution is -2.61. The Labute approximate surface area is 112 Å². The first-order chi connectivity index (χ1) is 8.61. The molecule has 0 aromatic rings. The van der Waals surface area contributed by atoms with Crippen LogP contribution < -0.4 is 5.32 Å². The number of nitrogens with zero attached hydrogens (tertiary/aromatic N) is 2. The van der Waals surface area contributed by atoms with Gasteiger partial charge in [-0.25, -0.2) is 4.79 Å². The Morgan fingerprint density at radius 1 is 1.37 bits per heavy atom. The number of carbonyl (C=O) groups excluding carboxylic acids is 3. The fourth-order valence-corrected chi connectivity index (χ4v) is 1.67. The van der Waals surface area contributed by atoms with E-state index in [0.29, 0.717) is 0 Å². The molecule has 0 bridgehead atoms. The molecule has 0 spiro atoms. The summed E-state index contributed by atoms with van der Waals surface area (Å²) >= 11 is 0. The number of hydrogen-bond donors (Lipinski definition) is 1. The minimum absolute atomic E-state index is 0.106. The molecule has 0 saturated carbocycles. The summed E-state index contributed by atoms with van der Waals surface area (Å²) < 4.78 is 5.22. The summed E-state index contributed by atoms with van der Waals surface area (Å²) in [5.41, 5.74) is -0.670. The van der Waals surface area contributed by atoms with Crippen LogP contribution in [0.4, 0.5) is 4.79 Å². The maximum Gasteiger partial charge on any atom is 0.411 e. The zero-order valence-corrected chi connectivity index (χ0v) is 12.0. The molecule has 0 aromatic heterocycles. The van der Waals surface area contributed by atoms with Gasteiger partial charge in [-0.2, -0.15) is 0 Å². The van der Waals surface area contributed by atoms with E-state index in [0.717, 1.165) is 0 Å². The van der Waals surface area contributed by atoms with Crippen molar-refractivity contribution in [2.75, 3.05) is 27.2 Å². The topological polar surface area (TPSA) is 79.0 Å². The van der Waals surface area contributed by atoms with E-state index in [2.05, 4.69) is 5.32 Å².